The first-order valence-corrected chi connectivity index (χ1v) is 10.8. The SMILES string of the molecule is COc1ccc(OC)c(CNC(=O)c2cn(C)nc2S(=O)(=O)N2CCCCC2)c1. The van der Waals surface area contributed by atoms with Gasteiger partial charge in [-0.2, -0.15) is 9.40 Å². The van der Waals surface area contributed by atoms with Gasteiger partial charge in [0.2, 0.25) is 5.03 Å². The zero-order valence-electron chi connectivity index (χ0n) is 16.8. The second-order valence-corrected chi connectivity index (χ2v) is 8.70. The largest absolute Gasteiger partial charge is 0.497 e. The molecule has 0 aliphatic carbocycles. The summed E-state index contributed by atoms with van der Waals surface area (Å²) in [6, 6.07) is 5.26. The minimum Gasteiger partial charge on any atom is -0.497 e. The summed E-state index contributed by atoms with van der Waals surface area (Å²) >= 11 is 0. The smallest absolute Gasteiger partial charge is 0.263 e. The molecular weight excluding hydrogens is 396 g/mol. The lowest BCUT2D eigenvalue weighted by molar-refractivity contribution is 0.0947. The van der Waals surface area contributed by atoms with Gasteiger partial charge in [-0.1, -0.05) is 6.42 Å². The summed E-state index contributed by atoms with van der Waals surface area (Å²) in [6.45, 7) is 1.04. The van der Waals surface area contributed by atoms with Crippen LogP contribution in [0.4, 0.5) is 0 Å². The lowest BCUT2D eigenvalue weighted by Crippen LogP contribution is -2.37. The molecule has 3 rings (SSSR count). The zero-order valence-corrected chi connectivity index (χ0v) is 17.7. The molecule has 0 spiro atoms. The molecule has 0 saturated carbocycles. The summed E-state index contributed by atoms with van der Waals surface area (Å²) < 4.78 is 39.3. The molecule has 1 fully saturated rings. The third-order valence-electron chi connectivity index (χ3n) is 4.87. The van der Waals surface area contributed by atoms with Gasteiger partial charge in [0.15, 0.2) is 0 Å². The maximum absolute atomic E-state index is 13.0. The zero-order chi connectivity index (χ0) is 21.0. The molecule has 1 N–H and O–H groups in total. The number of rotatable bonds is 7. The van der Waals surface area contributed by atoms with Gasteiger partial charge in [0, 0.05) is 38.4 Å². The molecule has 0 bridgehead atoms. The molecule has 1 aliphatic rings. The molecule has 1 aliphatic heterocycles. The number of nitrogens with one attached hydrogen (secondary N) is 1. The summed E-state index contributed by atoms with van der Waals surface area (Å²) in [5, 5.41) is 6.62. The lowest BCUT2D eigenvalue weighted by Gasteiger charge is -2.25. The number of hydrogen-bond donors (Lipinski definition) is 1. The van der Waals surface area contributed by atoms with Gasteiger partial charge in [-0.3, -0.25) is 9.48 Å². The highest BCUT2D eigenvalue weighted by Crippen LogP contribution is 2.25. The number of sulfonamides is 1. The summed E-state index contributed by atoms with van der Waals surface area (Å²) in [6.07, 6.45) is 4.05. The van der Waals surface area contributed by atoms with Crippen molar-refractivity contribution < 1.29 is 22.7 Å². The van der Waals surface area contributed by atoms with E-state index in [1.807, 2.05) is 0 Å². The minimum absolute atomic E-state index is 0.0277. The highest BCUT2D eigenvalue weighted by Gasteiger charge is 2.33. The van der Waals surface area contributed by atoms with Crippen LogP contribution in [-0.2, 0) is 23.6 Å². The van der Waals surface area contributed by atoms with Crippen molar-refractivity contribution in [3.05, 3.63) is 35.5 Å². The molecule has 9 nitrogen and oxygen atoms in total. The third kappa shape index (κ3) is 4.54. The van der Waals surface area contributed by atoms with Gasteiger partial charge < -0.3 is 14.8 Å². The van der Waals surface area contributed by atoms with Gasteiger partial charge in [0.05, 0.1) is 19.8 Å². The van der Waals surface area contributed by atoms with Gasteiger partial charge in [0.25, 0.3) is 15.9 Å². The molecule has 0 radical (unpaired) electrons. The van der Waals surface area contributed by atoms with Gasteiger partial charge in [-0.25, -0.2) is 8.42 Å². The predicted octanol–water partition coefficient (Wildman–Crippen LogP) is 1.54. The molecule has 2 heterocycles. The molecule has 10 heteroatoms. The molecule has 158 valence electrons. The van der Waals surface area contributed by atoms with Crippen molar-refractivity contribution in [2.45, 2.75) is 30.8 Å². The Balaban J connectivity index is 1.82. The highest BCUT2D eigenvalue weighted by molar-refractivity contribution is 7.89. The number of ether oxygens (including phenoxy) is 2. The van der Waals surface area contributed by atoms with E-state index in [0.29, 0.717) is 30.2 Å². The van der Waals surface area contributed by atoms with E-state index in [0.717, 1.165) is 19.3 Å². The normalized spacial score (nSPS) is 15.1. The number of carbonyl (C=O) groups is 1. The van der Waals surface area contributed by atoms with Crippen LogP contribution in [-0.4, -0.2) is 55.7 Å². The van der Waals surface area contributed by atoms with Crippen LogP contribution in [0, 0.1) is 0 Å². The van der Waals surface area contributed by atoms with Crippen molar-refractivity contribution in [1.82, 2.24) is 19.4 Å². The maximum Gasteiger partial charge on any atom is 0.263 e. The molecule has 2 aromatic rings. The number of piperidine rings is 1. The van der Waals surface area contributed by atoms with Crippen LogP contribution in [0.5, 0.6) is 11.5 Å². The average molecular weight is 423 g/mol. The summed E-state index contributed by atoms with van der Waals surface area (Å²) in [5.74, 6) is 0.710. The molecule has 29 heavy (non-hydrogen) atoms. The fourth-order valence-corrected chi connectivity index (χ4v) is 4.97. The monoisotopic (exact) mass is 422 g/mol. The molecule has 0 unspecified atom stereocenters. The van der Waals surface area contributed by atoms with Crippen molar-refractivity contribution in [1.29, 1.82) is 0 Å². The molecule has 1 saturated heterocycles. The number of aryl methyl sites for hydroxylation is 1. The average Bonchev–Trinajstić information content (AvgIpc) is 3.15. The summed E-state index contributed by atoms with van der Waals surface area (Å²) in [7, 11) is 0.859. The quantitative estimate of drug-likeness (QED) is 0.726. The number of benzene rings is 1. The molecule has 1 aromatic heterocycles. The Kier molecular flexibility index (Phi) is 6.43. The van der Waals surface area contributed by atoms with E-state index in [2.05, 4.69) is 10.4 Å². The van der Waals surface area contributed by atoms with E-state index < -0.39 is 15.9 Å². The second kappa shape index (κ2) is 8.83. The van der Waals surface area contributed by atoms with Gasteiger partial charge in [-0.05, 0) is 31.0 Å². The molecule has 1 aromatic carbocycles. The van der Waals surface area contributed by atoms with Crippen LogP contribution in [0.1, 0.15) is 35.2 Å². The Bertz CT molecular complexity index is 980. The Labute approximate surface area is 170 Å². The fourth-order valence-electron chi connectivity index (χ4n) is 3.33. The summed E-state index contributed by atoms with van der Waals surface area (Å²) in [4.78, 5) is 12.8. The topological polar surface area (TPSA) is 103 Å². The van der Waals surface area contributed by atoms with Gasteiger partial charge in [-0.15, -0.1) is 0 Å². The number of aromatic nitrogens is 2. The third-order valence-corrected chi connectivity index (χ3v) is 6.70. The number of amides is 1. The van der Waals surface area contributed by atoms with E-state index in [1.54, 1.807) is 32.4 Å². The van der Waals surface area contributed by atoms with Crippen LogP contribution in [0.2, 0.25) is 0 Å². The van der Waals surface area contributed by atoms with Crippen LogP contribution in [0.3, 0.4) is 0 Å². The van der Waals surface area contributed by atoms with E-state index >= 15 is 0 Å². The van der Waals surface area contributed by atoms with E-state index in [-0.39, 0.29) is 17.1 Å². The standard InChI is InChI=1S/C19H26N4O5S/c1-22-13-16(19(21-22)29(25,26)23-9-5-4-6-10-23)18(24)20-12-14-11-15(27-2)7-8-17(14)28-3/h7-8,11,13H,4-6,9-10,12H2,1-3H3,(H,20,24). The van der Waals surface area contributed by atoms with Crippen molar-refractivity contribution >= 4 is 15.9 Å². The minimum atomic E-state index is -3.83. The molecular formula is C19H26N4O5S. The maximum atomic E-state index is 13.0. The lowest BCUT2D eigenvalue weighted by atomic mass is 10.2. The fraction of sp³-hybridized carbons (Fsp3) is 0.474. The van der Waals surface area contributed by atoms with Crippen molar-refractivity contribution in [3.63, 3.8) is 0 Å². The van der Waals surface area contributed by atoms with E-state index in [1.165, 1.54) is 22.3 Å². The predicted molar refractivity (Wildman–Crippen MR) is 107 cm³/mol. The van der Waals surface area contributed by atoms with Crippen molar-refractivity contribution in [2.24, 2.45) is 7.05 Å². The van der Waals surface area contributed by atoms with Crippen LogP contribution < -0.4 is 14.8 Å². The molecule has 1 amide bonds. The van der Waals surface area contributed by atoms with Gasteiger partial charge >= 0.3 is 0 Å². The van der Waals surface area contributed by atoms with Gasteiger partial charge in [0.1, 0.15) is 11.5 Å². The second-order valence-electron chi connectivity index (χ2n) is 6.85. The number of nitrogens with zero attached hydrogens (tertiary/aromatic N) is 3. The first-order chi connectivity index (χ1) is 13.9. The Morgan fingerprint density at radius 1 is 1.17 bits per heavy atom. The highest BCUT2D eigenvalue weighted by atomic mass is 32.2. The number of hydrogen-bond acceptors (Lipinski definition) is 6. The van der Waals surface area contributed by atoms with Crippen molar-refractivity contribution in [3.8, 4) is 11.5 Å². The van der Waals surface area contributed by atoms with Crippen LogP contribution in [0.15, 0.2) is 29.4 Å². The number of carbonyl (C=O) groups excluding carboxylic acids is 1. The molecule has 0 atom stereocenters. The Morgan fingerprint density at radius 3 is 2.55 bits per heavy atom. The first kappa shape index (κ1) is 21.1. The van der Waals surface area contributed by atoms with E-state index in [9.17, 15) is 13.2 Å². The van der Waals surface area contributed by atoms with Crippen molar-refractivity contribution in [2.75, 3.05) is 27.3 Å². The Hall–Kier alpha value is -2.59. The van der Waals surface area contributed by atoms with Crippen LogP contribution >= 0.6 is 0 Å². The van der Waals surface area contributed by atoms with E-state index in [4.69, 9.17) is 9.47 Å². The summed E-state index contributed by atoms with van der Waals surface area (Å²) in [5.41, 5.74) is 0.740. The van der Waals surface area contributed by atoms with Crippen LogP contribution in [0.25, 0.3) is 0 Å². The first-order valence-electron chi connectivity index (χ1n) is 9.39. The Morgan fingerprint density at radius 2 is 1.90 bits per heavy atom. The number of methoxy groups -OCH3 is 2.